The van der Waals surface area contributed by atoms with Crippen molar-refractivity contribution in [3.8, 4) is 0 Å². The van der Waals surface area contributed by atoms with E-state index >= 15 is 0 Å². The minimum atomic E-state index is -3.76. The van der Waals surface area contributed by atoms with Gasteiger partial charge in [-0.05, 0) is 48.2 Å². The van der Waals surface area contributed by atoms with E-state index in [-0.39, 0.29) is 17.3 Å². The highest BCUT2D eigenvalue weighted by molar-refractivity contribution is 7.89. The van der Waals surface area contributed by atoms with Gasteiger partial charge in [-0.15, -0.1) is 0 Å². The third-order valence-electron chi connectivity index (χ3n) is 5.62. The summed E-state index contributed by atoms with van der Waals surface area (Å²) in [5.41, 5.74) is 2.10. The Labute approximate surface area is 186 Å². The maximum atomic E-state index is 13.2. The van der Waals surface area contributed by atoms with E-state index in [0.29, 0.717) is 25.9 Å². The molecule has 0 radical (unpaired) electrons. The number of hydrogen-bond donors (Lipinski definition) is 1. The van der Waals surface area contributed by atoms with Crippen LogP contribution in [0.1, 0.15) is 24.0 Å². The first-order chi connectivity index (χ1) is 15.4. The van der Waals surface area contributed by atoms with Crippen molar-refractivity contribution in [1.82, 2.24) is 19.2 Å². The maximum Gasteiger partial charge on any atom is 0.243 e. The number of amides is 1. The van der Waals surface area contributed by atoms with E-state index in [1.807, 2.05) is 35.0 Å². The molecule has 9 heteroatoms. The molecular formula is C23H25FN4O3S. The standard InChI is InChI=1S/C23H25FN4O3S/c24-21-7-9-22(10-8-21)32(30,31)28-12-1-2-20(16-28)23(29)26-14-18-3-5-19(6-4-18)15-27-13-11-25-17-27/h3-11,13,17,20H,1-2,12,14-16H2,(H,26,29). The molecule has 1 unspecified atom stereocenters. The smallest absolute Gasteiger partial charge is 0.243 e. The van der Waals surface area contributed by atoms with Crippen molar-refractivity contribution in [2.24, 2.45) is 5.92 Å². The maximum absolute atomic E-state index is 13.2. The molecule has 1 fully saturated rings. The van der Waals surface area contributed by atoms with Crippen LogP contribution in [-0.2, 0) is 27.9 Å². The lowest BCUT2D eigenvalue weighted by atomic mass is 9.98. The summed E-state index contributed by atoms with van der Waals surface area (Å²) in [6.07, 6.45) is 6.63. The number of carbonyl (C=O) groups is 1. The molecule has 2 heterocycles. The second-order valence-corrected chi connectivity index (χ2v) is 9.86. The Morgan fingerprint density at radius 2 is 1.81 bits per heavy atom. The number of halogens is 1. The van der Waals surface area contributed by atoms with Gasteiger partial charge in [0.05, 0.1) is 17.1 Å². The van der Waals surface area contributed by atoms with E-state index in [9.17, 15) is 17.6 Å². The molecule has 7 nitrogen and oxygen atoms in total. The molecule has 2 aromatic carbocycles. The fourth-order valence-corrected chi connectivity index (χ4v) is 5.34. The van der Waals surface area contributed by atoms with Crippen LogP contribution in [-0.4, -0.2) is 41.3 Å². The Kier molecular flexibility index (Phi) is 6.66. The Morgan fingerprint density at radius 3 is 2.50 bits per heavy atom. The fourth-order valence-electron chi connectivity index (χ4n) is 3.82. The van der Waals surface area contributed by atoms with Crippen LogP contribution in [0.2, 0.25) is 0 Å². The minimum absolute atomic E-state index is 0.0377. The van der Waals surface area contributed by atoms with Gasteiger partial charge >= 0.3 is 0 Å². The lowest BCUT2D eigenvalue weighted by Gasteiger charge is -2.31. The van der Waals surface area contributed by atoms with E-state index in [1.165, 1.54) is 16.4 Å². The van der Waals surface area contributed by atoms with Crippen molar-refractivity contribution in [1.29, 1.82) is 0 Å². The van der Waals surface area contributed by atoms with E-state index in [0.717, 1.165) is 29.8 Å². The number of sulfonamides is 1. The van der Waals surface area contributed by atoms with E-state index in [4.69, 9.17) is 0 Å². The van der Waals surface area contributed by atoms with Gasteiger partial charge in [-0.1, -0.05) is 24.3 Å². The summed E-state index contributed by atoms with van der Waals surface area (Å²) in [4.78, 5) is 16.8. The highest BCUT2D eigenvalue weighted by atomic mass is 32.2. The average molecular weight is 457 g/mol. The molecule has 1 aliphatic heterocycles. The minimum Gasteiger partial charge on any atom is -0.352 e. The Bertz CT molecular complexity index is 1150. The summed E-state index contributed by atoms with van der Waals surface area (Å²) in [5, 5.41) is 2.93. The molecule has 4 rings (SSSR count). The van der Waals surface area contributed by atoms with Crippen molar-refractivity contribution in [2.75, 3.05) is 13.1 Å². The Morgan fingerprint density at radius 1 is 1.09 bits per heavy atom. The molecule has 1 aliphatic rings. The number of piperidine rings is 1. The van der Waals surface area contributed by atoms with Gasteiger partial charge in [0, 0.05) is 38.6 Å². The number of nitrogens with zero attached hydrogens (tertiary/aromatic N) is 3. The lowest BCUT2D eigenvalue weighted by Crippen LogP contribution is -2.45. The van der Waals surface area contributed by atoms with Crippen LogP contribution in [0.15, 0.2) is 72.1 Å². The SMILES string of the molecule is O=C(NCc1ccc(Cn2ccnc2)cc1)C1CCCN(S(=O)(=O)c2ccc(F)cc2)C1. The zero-order valence-electron chi connectivity index (χ0n) is 17.5. The van der Waals surface area contributed by atoms with Crippen LogP contribution in [0.5, 0.6) is 0 Å². The predicted molar refractivity (Wildman–Crippen MR) is 118 cm³/mol. The number of benzene rings is 2. The first-order valence-electron chi connectivity index (χ1n) is 10.5. The van der Waals surface area contributed by atoms with Crippen LogP contribution in [0.4, 0.5) is 4.39 Å². The number of rotatable bonds is 7. The summed E-state index contributed by atoms with van der Waals surface area (Å²) < 4.78 is 42.2. The Hall–Kier alpha value is -3.04. The van der Waals surface area contributed by atoms with Crippen molar-refractivity contribution < 1.29 is 17.6 Å². The van der Waals surface area contributed by atoms with Gasteiger partial charge in [0.1, 0.15) is 5.82 Å². The molecule has 1 amide bonds. The predicted octanol–water partition coefficient (Wildman–Crippen LogP) is 2.79. The summed E-state index contributed by atoms with van der Waals surface area (Å²) in [6.45, 7) is 1.58. The number of hydrogen-bond acceptors (Lipinski definition) is 4. The molecule has 1 atom stereocenters. The van der Waals surface area contributed by atoms with Gasteiger partial charge in [-0.25, -0.2) is 17.8 Å². The quantitative estimate of drug-likeness (QED) is 0.593. The molecule has 0 saturated carbocycles. The van der Waals surface area contributed by atoms with Crippen LogP contribution in [0.25, 0.3) is 0 Å². The van der Waals surface area contributed by atoms with Crippen LogP contribution >= 0.6 is 0 Å². The van der Waals surface area contributed by atoms with Crippen LogP contribution in [0.3, 0.4) is 0 Å². The molecule has 1 aromatic heterocycles. The van der Waals surface area contributed by atoms with Gasteiger partial charge in [0.15, 0.2) is 0 Å². The second kappa shape index (κ2) is 9.62. The third-order valence-corrected chi connectivity index (χ3v) is 7.50. The van der Waals surface area contributed by atoms with Gasteiger partial charge in [-0.3, -0.25) is 4.79 Å². The summed E-state index contributed by atoms with van der Waals surface area (Å²) in [5.74, 6) is -1.07. The number of nitrogens with one attached hydrogen (secondary N) is 1. The van der Waals surface area contributed by atoms with Gasteiger partial charge in [0.25, 0.3) is 0 Å². The summed E-state index contributed by atoms with van der Waals surface area (Å²) in [7, 11) is -3.76. The number of carbonyl (C=O) groups excluding carboxylic acids is 1. The number of aromatic nitrogens is 2. The van der Waals surface area contributed by atoms with Gasteiger partial charge in [-0.2, -0.15) is 4.31 Å². The molecule has 168 valence electrons. The van der Waals surface area contributed by atoms with E-state index in [2.05, 4.69) is 10.3 Å². The molecule has 1 saturated heterocycles. The topological polar surface area (TPSA) is 84.3 Å². The second-order valence-electron chi connectivity index (χ2n) is 7.93. The van der Waals surface area contributed by atoms with Crippen molar-refractivity contribution in [3.05, 3.63) is 84.2 Å². The fraction of sp³-hybridized carbons (Fsp3) is 0.304. The molecule has 0 aliphatic carbocycles. The summed E-state index contributed by atoms with van der Waals surface area (Å²) >= 11 is 0. The van der Waals surface area contributed by atoms with Crippen molar-refractivity contribution in [2.45, 2.75) is 30.8 Å². The third kappa shape index (κ3) is 5.23. The zero-order valence-corrected chi connectivity index (χ0v) is 18.3. The largest absolute Gasteiger partial charge is 0.352 e. The van der Waals surface area contributed by atoms with Crippen molar-refractivity contribution in [3.63, 3.8) is 0 Å². The highest BCUT2D eigenvalue weighted by Crippen LogP contribution is 2.24. The van der Waals surface area contributed by atoms with Crippen molar-refractivity contribution >= 4 is 15.9 Å². The summed E-state index contributed by atoms with van der Waals surface area (Å²) in [6, 6.07) is 12.7. The number of imidazole rings is 1. The lowest BCUT2D eigenvalue weighted by molar-refractivity contribution is -0.126. The molecule has 32 heavy (non-hydrogen) atoms. The first kappa shape index (κ1) is 22.2. The molecule has 3 aromatic rings. The average Bonchev–Trinajstić information content (AvgIpc) is 3.32. The van der Waals surface area contributed by atoms with Gasteiger partial charge < -0.3 is 9.88 Å². The van der Waals surface area contributed by atoms with E-state index < -0.39 is 21.8 Å². The Balaban J connectivity index is 1.33. The van der Waals surface area contributed by atoms with E-state index in [1.54, 1.807) is 12.5 Å². The highest BCUT2D eigenvalue weighted by Gasteiger charge is 2.33. The van der Waals surface area contributed by atoms with Crippen LogP contribution in [0, 0.1) is 11.7 Å². The molecule has 1 N–H and O–H groups in total. The van der Waals surface area contributed by atoms with Gasteiger partial charge in [0.2, 0.25) is 15.9 Å². The monoisotopic (exact) mass is 456 g/mol. The van der Waals surface area contributed by atoms with Crippen LogP contribution < -0.4 is 5.32 Å². The molecular weight excluding hydrogens is 431 g/mol. The molecule has 0 spiro atoms. The normalized spacial score (nSPS) is 17.2. The zero-order chi connectivity index (χ0) is 22.6. The first-order valence-corrected chi connectivity index (χ1v) is 11.9. The molecule has 0 bridgehead atoms.